The standard InChI is InChI=1S/C21H25N3O3/c25-19(14-24-20(26)17-5-1-2-6-18(17)21(24)27)22-13-15-7-9-16(10-8-15)23-11-3-4-12-23/h1-2,7-10,17-18H,3-6,11-14H2,(H,22,25). The molecule has 1 N–H and O–H groups in total. The topological polar surface area (TPSA) is 69.7 Å². The largest absolute Gasteiger partial charge is 0.372 e. The van der Waals surface area contributed by atoms with Gasteiger partial charge in [0.25, 0.3) is 0 Å². The fourth-order valence-corrected chi connectivity index (χ4v) is 4.22. The van der Waals surface area contributed by atoms with Gasteiger partial charge in [-0.1, -0.05) is 24.3 Å². The number of nitrogens with one attached hydrogen (secondary N) is 1. The van der Waals surface area contributed by atoms with E-state index in [-0.39, 0.29) is 36.1 Å². The summed E-state index contributed by atoms with van der Waals surface area (Å²) in [7, 11) is 0. The number of fused-ring (bicyclic) bond motifs is 1. The van der Waals surface area contributed by atoms with Crippen molar-refractivity contribution in [3.8, 4) is 0 Å². The number of hydrogen-bond donors (Lipinski definition) is 1. The van der Waals surface area contributed by atoms with Gasteiger partial charge in [0, 0.05) is 25.3 Å². The summed E-state index contributed by atoms with van der Waals surface area (Å²) in [5.74, 6) is -1.28. The summed E-state index contributed by atoms with van der Waals surface area (Å²) >= 11 is 0. The first-order valence-corrected chi connectivity index (χ1v) is 9.74. The predicted octanol–water partition coefficient (Wildman–Crippen LogP) is 1.85. The Labute approximate surface area is 159 Å². The van der Waals surface area contributed by atoms with E-state index in [1.54, 1.807) is 0 Å². The lowest BCUT2D eigenvalue weighted by Crippen LogP contribution is -2.40. The van der Waals surface area contributed by atoms with Gasteiger partial charge in [0.2, 0.25) is 17.7 Å². The highest BCUT2D eigenvalue weighted by Gasteiger charge is 2.47. The van der Waals surface area contributed by atoms with Gasteiger partial charge in [-0.05, 0) is 43.4 Å². The van der Waals surface area contributed by atoms with E-state index >= 15 is 0 Å². The van der Waals surface area contributed by atoms with E-state index in [4.69, 9.17) is 0 Å². The number of likely N-dealkylation sites (tertiary alicyclic amines) is 1. The summed E-state index contributed by atoms with van der Waals surface area (Å²) in [6.45, 7) is 2.41. The number of benzene rings is 1. The molecule has 27 heavy (non-hydrogen) atoms. The van der Waals surface area contributed by atoms with Crippen LogP contribution >= 0.6 is 0 Å². The number of nitrogens with zero attached hydrogens (tertiary/aromatic N) is 2. The maximum absolute atomic E-state index is 12.4. The lowest BCUT2D eigenvalue weighted by molar-refractivity contribution is -0.143. The van der Waals surface area contributed by atoms with Crippen LogP contribution in [0.15, 0.2) is 36.4 Å². The molecular weight excluding hydrogens is 342 g/mol. The van der Waals surface area contributed by atoms with E-state index in [1.165, 1.54) is 18.5 Å². The molecule has 2 heterocycles. The molecule has 2 unspecified atom stereocenters. The summed E-state index contributed by atoms with van der Waals surface area (Å²) in [5.41, 5.74) is 2.22. The molecule has 0 bridgehead atoms. The van der Waals surface area contributed by atoms with E-state index in [0.29, 0.717) is 19.4 Å². The zero-order valence-corrected chi connectivity index (χ0v) is 15.4. The van der Waals surface area contributed by atoms with Crippen molar-refractivity contribution in [3.63, 3.8) is 0 Å². The van der Waals surface area contributed by atoms with E-state index < -0.39 is 0 Å². The van der Waals surface area contributed by atoms with Crippen LogP contribution in [-0.4, -0.2) is 42.3 Å². The minimum Gasteiger partial charge on any atom is -0.372 e. The number of rotatable bonds is 5. The van der Waals surface area contributed by atoms with Gasteiger partial charge in [-0.15, -0.1) is 0 Å². The Bertz CT molecular complexity index is 739. The van der Waals surface area contributed by atoms with Crippen LogP contribution in [0.4, 0.5) is 5.69 Å². The second-order valence-electron chi connectivity index (χ2n) is 7.56. The Morgan fingerprint density at radius 1 is 0.963 bits per heavy atom. The van der Waals surface area contributed by atoms with Crippen molar-refractivity contribution in [1.82, 2.24) is 10.2 Å². The first-order chi connectivity index (χ1) is 13.1. The maximum atomic E-state index is 12.4. The van der Waals surface area contributed by atoms with E-state index in [9.17, 15) is 14.4 Å². The molecule has 0 saturated carbocycles. The minimum atomic E-state index is -0.299. The fraction of sp³-hybridized carbons (Fsp3) is 0.476. The molecule has 142 valence electrons. The molecule has 4 rings (SSSR count). The van der Waals surface area contributed by atoms with E-state index in [1.807, 2.05) is 24.3 Å². The predicted molar refractivity (Wildman–Crippen MR) is 102 cm³/mol. The van der Waals surface area contributed by atoms with Crippen molar-refractivity contribution < 1.29 is 14.4 Å². The lowest BCUT2D eigenvalue weighted by atomic mass is 9.85. The van der Waals surface area contributed by atoms with Crippen LogP contribution < -0.4 is 10.2 Å². The van der Waals surface area contributed by atoms with Crippen molar-refractivity contribution in [3.05, 3.63) is 42.0 Å². The molecule has 3 aliphatic rings. The summed E-state index contributed by atoms with van der Waals surface area (Å²) in [4.78, 5) is 40.6. The fourth-order valence-electron chi connectivity index (χ4n) is 4.22. The zero-order chi connectivity index (χ0) is 18.8. The number of allylic oxidation sites excluding steroid dienone is 2. The van der Waals surface area contributed by atoms with Crippen molar-refractivity contribution in [2.75, 3.05) is 24.5 Å². The molecule has 2 fully saturated rings. The molecule has 6 nitrogen and oxygen atoms in total. The van der Waals surface area contributed by atoms with Crippen molar-refractivity contribution >= 4 is 23.4 Å². The van der Waals surface area contributed by atoms with Crippen LogP contribution in [0, 0.1) is 11.8 Å². The highest BCUT2D eigenvalue weighted by Crippen LogP contribution is 2.34. The second-order valence-corrected chi connectivity index (χ2v) is 7.56. The molecule has 2 atom stereocenters. The van der Waals surface area contributed by atoms with Gasteiger partial charge in [0.15, 0.2) is 0 Å². The first kappa shape index (κ1) is 17.8. The summed E-state index contributed by atoms with van der Waals surface area (Å²) in [6, 6.07) is 8.19. The van der Waals surface area contributed by atoms with E-state index in [2.05, 4.69) is 22.3 Å². The maximum Gasteiger partial charge on any atom is 0.240 e. The van der Waals surface area contributed by atoms with Crippen LogP contribution in [0.25, 0.3) is 0 Å². The van der Waals surface area contributed by atoms with Gasteiger partial charge in [-0.25, -0.2) is 0 Å². The van der Waals surface area contributed by atoms with Gasteiger partial charge in [0.05, 0.1) is 11.8 Å². The molecule has 0 radical (unpaired) electrons. The van der Waals surface area contributed by atoms with Gasteiger partial charge < -0.3 is 10.2 Å². The third-order valence-corrected chi connectivity index (χ3v) is 5.80. The smallest absolute Gasteiger partial charge is 0.240 e. The molecule has 0 spiro atoms. The van der Waals surface area contributed by atoms with Crippen LogP contribution in [0.3, 0.4) is 0 Å². The van der Waals surface area contributed by atoms with Crippen molar-refractivity contribution in [2.24, 2.45) is 11.8 Å². The number of amides is 3. The third kappa shape index (κ3) is 3.61. The number of carbonyl (C=O) groups is 3. The molecule has 2 saturated heterocycles. The SMILES string of the molecule is O=C(CN1C(=O)C2CC=CCC2C1=O)NCc1ccc(N2CCCC2)cc1. The van der Waals surface area contributed by atoms with Crippen molar-refractivity contribution in [2.45, 2.75) is 32.2 Å². The lowest BCUT2D eigenvalue weighted by Gasteiger charge is -2.18. The monoisotopic (exact) mass is 367 g/mol. The molecular formula is C21H25N3O3. The van der Waals surface area contributed by atoms with Crippen LogP contribution in [0.1, 0.15) is 31.2 Å². The average molecular weight is 367 g/mol. The van der Waals surface area contributed by atoms with Gasteiger partial charge in [-0.3, -0.25) is 19.3 Å². The van der Waals surface area contributed by atoms with Gasteiger partial charge in [-0.2, -0.15) is 0 Å². The Balaban J connectivity index is 1.29. The first-order valence-electron chi connectivity index (χ1n) is 9.74. The number of hydrogen-bond acceptors (Lipinski definition) is 4. The van der Waals surface area contributed by atoms with Crippen molar-refractivity contribution in [1.29, 1.82) is 0 Å². The van der Waals surface area contributed by atoms with Crippen LogP contribution in [0.2, 0.25) is 0 Å². The van der Waals surface area contributed by atoms with Crippen LogP contribution in [0.5, 0.6) is 0 Å². The molecule has 1 aromatic rings. The second kappa shape index (κ2) is 7.55. The number of anilines is 1. The number of imide groups is 1. The molecule has 2 aliphatic heterocycles. The molecule has 0 aromatic heterocycles. The highest BCUT2D eigenvalue weighted by atomic mass is 16.2. The molecule has 6 heteroatoms. The Kier molecular flexibility index (Phi) is 4.97. The Morgan fingerprint density at radius 3 is 2.15 bits per heavy atom. The normalized spacial score (nSPS) is 24.4. The van der Waals surface area contributed by atoms with Gasteiger partial charge in [0.1, 0.15) is 6.54 Å². The highest BCUT2D eigenvalue weighted by molar-refractivity contribution is 6.07. The Morgan fingerprint density at radius 2 is 1.56 bits per heavy atom. The zero-order valence-electron chi connectivity index (χ0n) is 15.4. The average Bonchev–Trinajstić information content (AvgIpc) is 3.31. The molecule has 1 aromatic carbocycles. The summed E-state index contributed by atoms with van der Waals surface area (Å²) < 4.78 is 0. The molecule has 3 amide bonds. The van der Waals surface area contributed by atoms with E-state index in [0.717, 1.165) is 23.6 Å². The number of carbonyl (C=O) groups excluding carboxylic acids is 3. The van der Waals surface area contributed by atoms with Gasteiger partial charge >= 0.3 is 0 Å². The molecule has 1 aliphatic carbocycles. The Hall–Kier alpha value is -2.63. The summed E-state index contributed by atoms with van der Waals surface area (Å²) in [6.07, 6.45) is 7.56. The van der Waals surface area contributed by atoms with Crippen LogP contribution in [-0.2, 0) is 20.9 Å². The quantitative estimate of drug-likeness (QED) is 0.637. The third-order valence-electron chi connectivity index (χ3n) is 5.80. The summed E-state index contributed by atoms with van der Waals surface area (Å²) in [5, 5.41) is 2.82. The minimum absolute atomic E-state index is 0.184.